The third kappa shape index (κ3) is 4.93. The largest absolute Gasteiger partial charge is 0.452 e. The van der Waals surface area contributed by atoms with Gasteiger partial charge in [-0.2, -0.15) is 0 Å². The summed E-state index contributed by atoms with van der Waals surface area (Å²) in [6.07, 6.45) is 1.96. The maximum absolute atomic E-state index is 11.8. The van der Waals surface area contributed by atoms with Crippen molar-refractivity contribution in [2.45, 2.75) is 11.4 Å². The smallest absolute Gasteiger partial charge is 0.338 e. The molecule has 0 saturated carbocycles. The minimum Gasteiger partial charge on any atom is -0.452 e. The Kier molecular flexibility index (Phi) is 6.03. The Morgan fingerprint density at radius 3 is 2.36 bits per heavy atom. The lowest BCUT2D eigenvalue weighted by atomic mass is 10.2. The van der Waals surface area contributed by atoms with Gasteiger partial charge in [0.05, 0.1) is 5.56 Å². The SMILES string of the molecule is CSc1ccc(C(=O)OCC(=O)NCc2ccccc2)cc1. The lowest BCUT2D eigenvalue weighted by Gasteiger charge is -2.07. The van der Waals surface area contributed by atoms with E-state index in [4.69, 9.17) is 4.74 Å². The highest BCUT2D eigenvalue weighted by Crippen LogP contribution is 2.15. The zero-order valence-electron chi connectivity index (χ0n) is 12.2. The Bertz CT molecular complexity index is 626. The van der Waals surface area contributed by atoms with Gasteiger partial charge in [0.15, 0.2) is 6.61 Å². The number of benzene rings is 2. The molecule has 0 bridgehead atoms. The minimum absolute atomic E-state index is 0.282. The number of ether oxygens (including phenoxy) is 1. The van der Waals surface area contributed by atoms with E-state index in [1.165, 1.54) is 0 Å². The molecule has 1 N–H and O–H groups in total. The topological polar surface area (TPSA) is 55.4 Å². The van der Waals surface area contributed by atoms with Crippen molar-refractivity contribution in [3.63, 3.8) is 0 Å². The van der Waals surface area contributed by atoms with E-state index in [0.717, 1.165) is 10.5 Å². The van der Waals surface area contributed by atoms with Gasteiger partial charge in [-0.25, -0.2) is 4.79 Å². The first-order valence-corrected chi connectivity index (χ1v) is 8.03. The van der Waals surface area contributed by atoms with Gasteiger partial charge in [0.1, 0.15) is 0 Å². The number of rotatable bonds is 6. The van der Waals surface area contributed by atoms with Crippen LogP contribution in [0.25, 0.3) is 0 Å². The van der Waals surface area contributed by atoms with Crippen molar-refractivity contribution in [1.29, 1.82) is 0 Å². The third-order valence-electron chi connectivity index (χ3n) is 2.99. The molecule has 0 spiro atoms. The number of carbonyl (C=O) groups is 2. The van der Waals surface area contributed by atoms with Crippen LogP contribution >= 0.6 is 11.8 Å². The molecular weight excluding hydrogens is 298 g/mol. The Hall–Kier alpha value is -2.27. The van der Waals surface area contributed by atoms with Crippen molar-refractivity contribution in [1.82, 2.24) is 5.32 Å². The van der Waals surface area contributed by atoms with Crippen molar-refractivity contribution in [3.05, 3.63) is 65.7 Å². The van der Waals surface area contributed by atoms with Crippen molar-refractivity contribution >= 4 is 23.6 Å². The highest BCUT2D eigenvalue weighted by molar-refractivity contribution is 7.98. The molecule has 0 aromatic heterocycles. The number of hydrogen-bond acceptors (Lipinski definition) is 4. The second-order valence-corrected chi connectivity index (χ2v) is 5.45. The van der Waals surface area contributed by atoms with Crippen LogP contribution in [0.15, 0.2) is 59.5 Å². The first-order chi connectivity index (χ1) is 10.7. The van der Waals surface area contributed by atoms with Gasteiger partial charge in [-0.3, -0.25) is 4.79 Å². The summed E-state index contributed by atoms with van der Waals surface area (Å²) in [5.74, 6) is -0.819. The quantitative estimate of drug-likeness (QED) is 0.658. The molecule has 0 radical (unpaired) electrons. The molecule has 0 aliphatic rings. The summed E-state index contributed by atoms with van der Waals surface area (Å²) >= 11 is 1.60. The molecule has 0 atom stereocenters. The van der Waals surface area contributed by atoms with Crippen LogP contribution in [0.2, 0.25) is 0 Å². The van der Waals surface area contributed by atoms with Crippen molar-refractivity contribution < 1.29 is 14.3 Å². The number of nitrogens with one attached hydrogen (secondary N) is 1. The molecule has 0 heterocycles. The fourth-order valence-electron chi connectivity index (χ4n) is 1.79. The summed E-state index contributed by atoms with van der Waals surface area (Å²) in [6, 6.07) is 16.6. The Labute approximate surface area is 133 Å². The fraction of sp³-hybridized carbons (Fsp3) is 0.176. The van der Waals surface area contributed by atoms with Gasteiger partial charge in [0.25, 0.3) is 5.91 Å². The molecule has 2 aromatic carbocycles. The van der Waals surface area contributed by atoms with Crippen LogP contribution in [-0.4, -0.2) is 24.7 Å². The zero-order valence-corrected chi connectivity index (χ0v) is 13.1. The van der Waals surface area contributed by atoms with Crippen LogP contribution in [0.3, 0.4) is 0 Å². The first kappa shape index (κ1) is 16.1. The molecule has 114 valence electrons. The van der Waals surface area contributed by atoms with Crippen LogP contribution in [0, 0.1) is 0 Å². The molecule has 2 aromatic rings. The van der Waals surface area contributed by atoms with Crippen molar-refractivity contribution in [3.8, 4) is 0 Å². The maximum Gasteiger partial charge on any atom is 0.338 e. The van der Waals surface area contributed by atoms with E-state index in [1.807, 2.05) is 48.7 Å². The first-order valence-electron chi connectivity index (χ1n) is 6.81. The van der Waals surface area contributed by atoms with Gasteiger partial charge in [-0.05, 0) is 36.1 Å². The van der Waals surface area contributed by atoms with E-state index in [1.54, 1.807) is 23.9 Å². The normalized spacial score (nSPS) is 10.0. The second kappa shape index (κ2) is 8.24. The summed E-state index contributed by atoms with van der Waals surface area (Å²) in [5.41, 5.74) is 1.43. The Morgan fingerprint density at radius 1 is 1.05 bits per heavy atom. The number of thioether (sulfide) groups is 1. The summed E-state index contributed by atoms with van der Waals surface area (Å²) in [6.45, 7) is 0.135. The summed E-state index contributed by atoms with van der Waals surface area (Å²) in [5, 5.41) is 2.70. The summed E-state index contributed by atoms with van der Waals surface area (Å²) in [7, 11) is 0. The van der Waals surface area contributed by atoms with Crippen LogP contribution in [0.5, 0.6) is 0 Å². The van der Waals surface area contributed by atoms with Crippen molar-refractivity contribution in [2.24, 2.45) is 0 Å². The van der Waals surface area contributed by atoms with Gasteiger partial charge in [0, 0.05) is 11.4 Å². The summed E-state index contributed by atoms with van der Waals surface area (Å²) < 4.78 is 4.99. The average Bonchev–Trinajstić information content (AvgIpc) is 2.58. The van der Waals surface area contributed by atoms with Gasteiger partial charge in [-0.15, -0.1) is 11.8 Å². The predicted molar refractivity (Wildman–Crippen MR) is 86.8 cm³/mol. The maximum atomic E-state index is 11.8. The molecule has 22 heavy (non-hydrogen) atoms. The van der Waals surface area contributed by atoms with Crippen molar-refractivity contribution in [2.75, 3.05) is 12.9 Å². The highest BCUT2D eigenvalue weighted by Gasteiger charge is 2.09. The Morgan fingerprint density at radius 2 is 1.73 bits per heavy atom. The van der Waals surface area contributed by atoms with Gasteiger partial charge < -0.3 is 10.1 Å². The molecule has 4 nitrogen and oxygen atoms in total. The lowest BCUT2D eigenvalue weighted by Crippen LogP contribution is -2.28. The number of carbonyl (C=O) groups excluding carboxylic acids is 2. The molecule has 0 fully saturated rings. The molecule has 0 unspecified atom stereocenters. The highest BCUT2D eigenvalue weighted by atomic mass is 32.2. The molecule has 2 rings (SSSR count). The van der Waals surface area contributed by atoms with E-state index in [0.29, 0.717) is 12.1 Å². The van der Waals surface area contributed by atoms with Crippen LogP contribution in [0.1, 0.15) is 15.9 Å². The standard InChI is InChI=1S/C17H17NO3S/c1-22-15-9-7-14(8-10-15)17(20)21-12-16(19)18-11-13-5-3-2-4-6-13/h2-10H,11-12H2,1H3,(H,18,19). The van der Waals surface area contributed by atoms with Gasteiger partial charge in [0.2, 0.25) is 0 Å². The zero-order chi connectivity index (χ0) is 15.8. The molecule has 0 saturated heterocycles. The average molecular weight is 315 g/mol. The lowest BCUT2D eigenvalue weighted by molar-refractivity contribution is -0.124. The van der Waals surface area contributed by atoms with Crippen LogP contribution < -0.4 is 5.32 Å². The van der Waals surface area contributed by atoms with Gasteiger partial charge >= 0.3 is 5.97 Å². The predicted octanol–water partition coefficient (Wildman–Crippen LogP) is 2.88. The van der Waals surface area contributed by atoms with E-state index in [9.17, 15) is 9.59 Å². The third-order valence-corrected chi connectivity index (χ3v) is 3.74. The molecule has 0 aliphatic heterocycles. The monoisotopic (exact) mass is 315 g/mol. The number of hydrogen-bond donors (Lipinski definition) is 1. The molecule has 0 aliphatic carbocycles. The van der Waals surface area contributed by atoms with E-state index in [2.05, 4.69) is 5.32 Å². The van der Waals surface area contributed by atoms with Crippen LogP contribution in [0.4, 0.5) is 0 Å². The van der Waals surface area contributed by atoms with E-state index < -0.39 is 5.97 Å². The fourth-order valence-corrected chi connectivity index (χ4v) is 2.20. The number of amides is 1. The molecule has 5 heteroatoms. The van der Waals surface area contributed by atoms with Crippen LogP contribution in [-0.2, 0) is 16.1 Å². The minimum atomic E-state index is -0.498. The Balaban J connectivity index is 1.76. The summed E-state index contributed by atoms with van der Waals surface area (Å²) in [4.78, 5) is 24.5. The number of esters is 1. The molecular formula is C17H17NO3S. The second-order valence-electron chi connectivity index (χ2n) is 4.57. The van der Waals surface area contributed by atoms with E-state index >= 15 is 0 Å². The molecule has 1 amide bonds. The van der Waals surface area contributed by atoms with E-state index in [-0.39, 0.29) is 12.5 Å². The van der Waals surface area contributed by atoms with Gasteiger partial charge in [-0.1, -0.05) is 30.3 Å².